The predicted octanol–water partition coefficient (Wildman–Crippen LogP) is 1.75. The van der Waals surface area contributed by atoms with Crippen molar-refractivity contribution in [3.05, 3.63) is 35.4 Å². The Labute approximate surface area is 138 Å². The van der Waals surface area contributed by atoms with Crippen molar-refractivity contribution in [2.75, 3.05) is 6.26 Å². The summed E-state index contributed by atoms with van der Waals surface area (Å²) in [6, 6.07) is 7.24. The van der Waals surface area contributed by atoms with Gasteiger partial charge in [-0.25, -0.2) is 8.42 Å². The maximum absolute atomic E-state index is 12.4. The molecule has 2 atom stereocenters. The first-order valence-electron chi connectivity index (χ1n) is 8.01. The van der Waals surface area contributed by atoms with Gasteiger partial charge in [0.05, 0.1) is 11.3 Å². The number of benzene rings is 1. The Balaban J connectivity index is 1.91. The predicted molar refractivity (Wildman–Crippen MR) is 91.4 cm³/mol. The minimum Gasteiger partial charge on any atom is -0.350 e. The van der Waals surface area contributed by atoms with E-state index in [1.165, 1.54) is 6.26 Å². The van der Waals surface area contributed by atoms with Crippen LogP contribution >= 0.6 is 0 Å². The molecule has 23 heavy (non-hydrogen) atoms. The molecule has 1 aromatic carbocycles. The van der Waals surface area contributed by atoms with Crippen molar-refractivity contribution in [2.45, 2.75) is 50.4 Å². The molecule has 2 rings (SSSR count). The molecule has 128 valence electrons. The largest absolute Gasteiger partial charge is 0.350 e. The van der Waals surface area contributed by atoms with E-state index < -0.39 is 15.4 Å². The molecule has 1 fully saturated rings. The summed E-state index contributed by atoms with van der Waals surface area (Å²) in [5.74, 6) is 0.419. The highest BCUT2D eigenvalue weighted by atomic mass is 32.2. The van der Waals surface area contributed by atoms with E-state index >= 15 is 0 Å². The molecule has 0 spiro atoms. The van der Waals surface area contributed by atoms with Gasteiger partial charge >= 0.3 is 0 Å². The number of sulfone groups is 1. The van der Waals surface area contributed by atoms with Gasteiger partial charge in [-0.15, -0.1) is 0 Å². The Morgan fingerprint density at radius 2 is 1.91 bits per heavy atom. The van der Waals surface area contributed by atoms with Crippen LogP contribution in [0.4, 0.5) is 0 Å². The molecule has 1 aliphatic rings. The van der Waals surface area contributed by atoms with E-state index in [9.17, 15) is 13.2 Å². The molecule has 3 N–H and O–H groups in total. The summed E-state index contributed by atoms with van der Waals surface area (Å²) in [7, 11) is -3.03. The van der Waals surface area contributed by atoms with Crippen molar-refractivity contribution in [2.24, 2.45) is 11.7 Å². The maximum Gasteiger partial charge on any atom is 0.240 e. The third-order valence-corrected chi connectivity index (χ3v) is 5.25. The Hall–Kier alpha value is -1.40. The second-order valence-corrected chi connectivity index (χ2v) is 9.07. The molecule has 5 nitrogen and oxygen atoms in total. The Morgan fingerprint density at radius 1 is 1.30 bits per heavy atom. The van der Waals surface area contributed by atoms with Gasteiger partial charge in [-0.3, -0.25) is 4.79 Å². The van der Waals surface area contributed by atoms with Crippen LogP contribution in [0.25, 0.3) is 0 Å². The smallest absolute Gasteiger partial charge is 0.240 e. The fourth-order valence-corrected chi connectivity index (χ4v) is 4.01. The van der Waals surface area contributed by atoms with Gasteiger partial charge in [0, 0.05) is 12.8 Å². The molecule has 0 bridgehead atoms. The molecule has 0 unspecified atom stereocenters. The summed E-state index contributed by atoms with van der Waals surface area (Å²) in [5, 5.41) is 2.92. The monoisotopic (exact) mass is 338 g/mol. The number of nitrogens with two attached hydrogens (primary N) is 1. The molecule has 1 saturated carbocycles. The van der Waals surface area contributed by atoms with E-state index in [-0.39, 0.29) is 11.7 Å². The molecule has 0 aromatic heterocycles. The quantitative estimate of drug-likeness (QED) is 0.856. The van der Waals surface area contributed by atoms with E-state index in [1.807, 2.05) is 12.1 Å². The van der Waals surface area contributed by atoms with Crippen molar-refractivity contribution in [3.63, 3.8) is 0 Å². The topological polar surface area (TPSA) is 89.3 Å². The zero-order valence-electron chi connectivity index (χ0n) is 13.8. The van der Waals surface area contributed by atoms with E-state index in [1.54, 1.807) is 12.1 Å². The van der Waals surface area contributed by atoms with Crippen LogP contribution in [0, 0.1) is 5.92 Å². The van der Waals surface area contributed by atoms with Gasteiger partial charge in [0.15, 0.2) is 9.84 Å². The summed E-state index contributed by atoms with van der Waals surface area (Å²) in [5.41, 5.74) is 7.20. The zero-order valence-corrected chi connectivity index (χ0v) is 14.7. The first-order valence-corrected chi connectivity index (χ1v) is 10.1. The lowest BCUT2D eigenvalue weighted by Gasteiger charge is -2.35. The lowest BCUT2D eigenvalue weighted by atomic mass is 9.76. The van der Waals surface area contributed by atoms with E-state index in [4.69, 9.17) is 5.73 Å². The summed E-state index contributed by atoms with van der Waals surface area (Å²) in [6.45, 7) is 2.54. The molecule has 1 aromatic rings. The number of nitrogens with one attached hydrogen (secondary N) is 1. The molecule has 1 amide bonds. The molecule has 0 radical (unpaired) electrons. The maximum atomic E-state index is 12.4. The Kier molecular flexibility index (Phi) is 5.47. The van der Waals surface area contributed by atoms with Crippen molar-refractivity contribution in [1.82, 2.24) is 5.32 Å². The molecule has 1 aliphatic carbocycles. The van der Waals surface area contributed by atoms with Gasteiger partial charge in [-0.2, -0.15) is 0 Å². The number of carbonyl (C=O) groups excluding carboxylic acids is 1. The van der Waals surface area contributed by atoms with E-state index in [2.05, 4.69) is 12.2 Å². The first-order chi connectivity index (χ1) is 10.7. The van der Waals surface area contributed by atoms with Crippen molar-refractivity contribution >= 4 is 15.7 Å². The van der Waals surface area contributed by atoms with Gasteiger partial charge < -0.3 is 11.1 Å². The summed E-state index contributed by atoms with van der Waals surface area (Å²) in [4.78, 5) is 12.4. The summed E-state index contributed by atoms with van der Waals surface area (Å²) < 4.78 is 22.5. The number of carbonyl (C=O) groups is 1. The third-order valence-electron chi connectivity index (χ3n) is 4.39. The Bertz CT molecular complexity index is 655. The van der Waals surface area contributed by atoms with Crippen LogP contribution in [0.15, 0.2) is 24.3 Å². The van der Waals surface area contributed by atoms with Crippen molar-refractivity contribution in [1.29, 1.82) is 0 Å². The van der Waals surface area contributed by atoms with Gasteiger partial charge in [-0.1, -0.05) is 44.0 Å². The average Bonchev–Trinajstić information content (AvgIpc) is 2.44. The molecular formula is C17H26N2O3S. The highest BCUT2D eigenvalue weighted by Crippen LogP contribution is 2.30. The fraction of sp³-hybridized carbons (Fsp3) is 0.588. The van der Waals surface area contributed by atoms with Crippen LogP contribution in [0.3, 0.4) is 0 Å². The highest BCUT2D eigenvalue weighted by Gasteiger charge is 2.37. The lowest BCUT2D eigenvalue weighted by molar-refractivity contribution is -0.128. The van der Waals surface area contributed by atoms with Crippen molar-refractivity contribution in [3.8, 4) is 0 Å². The van der Waals surface area contributed by atoms with Crippen LogP contribution in [0.5, 0.6) is 0 Å². The second kappa shape index (κ2) is 7.01. The molecule has 6 heteroatoms. The average molecular weight is 338 g/mol. The molecule has 0 aliphatic heterocycles. The van der Waals surface area contributed by atoms with E-state index in [0.29, 0.717) is 12.5 Å². The molecule has 0 saturated heterocycles. The Morgan fingerprint density at radius 3 is 2.48 bits per heavy atom. The molecule has 0 heterocycles. The number of hydrogen-bond donors (Lipinski definition) is 2. The number of rotatable bonds is 5. The van der Waals surface area contributed by atoms with Crippen LogP contribution in [-0.2, 0) is 26.9 Å². The standard InChI is InChI=1S/C17H26N2O3S/c1-13-4-3-9-17(18,10-13)16(20)19-11-14-5-7-15(8-6-14)12-23(2,21)22/h5-8,13H,3-4,9-12,18H2,1-2H3,(H,19,20)/t13-,17-/m0/s1. The van der Waals surface area contributed by atoms with Gasteiger partial charge in [-0.05, 0) is 29.9 Å². The lowest BCUT2D eigenvalue weighted by Crippen LogP contribution is -2.56. The van der Waals surface area contributed by atoms with Crippen molar-refractivity contribution < 1.29 is 13.2 Å². The summed E-state index contributed by atoms with van der Waals surface area (Å²) >= 11 is 0. The van der Waals surface area contributed by atoms with Crippen LogP contribution in [0.1, 0.15) is 43.7 Å². The highest BCUT2D eigenvalue weighted by molar-refractivity contribution is 7.89. The number of hydrogen-bond acceptors (Lipinski definition) is 4. The third kappa shape index (κ3) is 5.32. The minimum atomic E-state index is -3.03. The van der Waals surface area contributed by atoms with Gasteiger partial charge in [0.2, 0.25) is 5.91 Å². The minimum absolute atomic E-state index is 0.0312. The number of amides is 1. The van der Waals surface area contributed by atoms with Gasteiger partial charge in [0.1, 0.15) is 0 Å². The second-order valence-electron chi connectivity index (χ2n) is 6.93. The molecular weight excluding hydrogens is 312 g/mol. The van der Waals surface area contributed by atoms with Crippen LogP contribution in [0.2, 0.25) is 0 Å². The van der Waals surface area contributed by atoms with Gasteiger partial charge in [0.25, 0.3) is 0 Å². The zero-order chi connectivity index (χ0) is 17.1. The summed E-state index contributed by atoms with van der Waals surface area (Å²) in [6.07, 6.45) is 4.80. The SMILES string of the molecule is C[C@H]1CCC[C@@](N)(C(=O)NCc2ccc(CS(C)(=O)=O)cc2)C1. The first kappa shape index (κ1) is 17.9. The van der Waals surface area contributed by atoms with Crippen LogP contribution in [-0.4, -0.2) is 26.1 Å². The van der Waals surface area contributed by atoms with E-state index in [0.717, 1.165) is 36.8 Å². The normalized spacial score (nSPS) is 25.1. The van der Waals surface area contributed by atoms with Crippen LogP contribution < -0.4 is 11.1 Å². The fourth-order valence-electron chi connectivity index (χ4n) is 3.21.